The zero-order valence-electron chi connectivity index (χ0n) is 16.1. The molecular formula is C21H23NO6. The number of esters is 1. The molecule has 0 aliphatic rings. The highest BCUT2D eigenvalue weighted by Crippen LogP contribution is 2.27. The molecular weight excluding hydrogens is 362 g/mol. The lowest BCUT2D eigenvalue weighted by atomic mass is 10.1. The first-order valence-electron chi connectivity index (χ1n) is 8.71. The highest BCUT2D eigenvalue weighted by atomic mass is 16.5. The maximum absolute atomic E-state index is 12.2. The Hall–Kier alpha value is -3.35. The van der Waals surface area contributed by atoms with E-state index >= 15 is 0 Å². The van der Waals surface area contributed by atoms with Gasteiger partial charge >= 0.3 is 5.97 Å². The number of nitrogens with one attached hydrogen (secondary N) is 1. The van der Waals surface area contributed by atoms with Crippen LogP contribution in [0.3, 0.4) is 0 Å². The van der Waals surface area contributed by atoms with Crippen LogP contribution in [0.25, 0.3) is 0 Å². The zero-order valence-corrected chi connectivity index (χ0v) is 16.1. The van der Waals surface area contributed by atoms with E-state index in [-0.39, 0.29) is 31.3 Å². The van der Waals surface area contributed by atoms with Crippen molar-refractivity contribution in [2.75, 3.05) is 27.4 Å². The van der Waals surface area contributed by atoms with E-state index in [1.165, 1.54) is 20.3 Å². The third-order valence-corrected chi connectivity index (χ3v) is 4.07. The number of rotatable bonds is 9. The van der Waals surface area contributed by atoms with E-state index in [1.54, 1.807) is 24.3 Å². The molecule has 0 aromatic heterocycles. The number of benzene rings is 2. The van der Waals surface area contributed by atoms with Gasteiger partial charge in [-0.3, -0.25) is 14.4 Å². The highest BCUT2D eigenvalue weighted by Gasteiger charge is 2.14. The molecule has 0 aliphatic heterocycles. The van der Waals surface area contributed by atoms with Gasteiger partial charge in [-0.05, 0) is 36.8 Å². The van der Waals surface area contributed by atoms with Crippen molar-refractivity contribution < 1.29 is 28.6 Å². The van der Waals surface area contributed by atoms with Gasteiger partial charge in [-0.15, -0.1) is 0 Å². The molecule has 0 radical (unpaired) electrons. The molecule has 7 heteroatoms. The molecule has 2 aromatic carbocycles. The first-order chi connectivity index (χ1) is 13.5. The molecule has 2 aromatic rings. The van der Waals surface area contributed by atoms with Gasteiger partial charge in [0.2, 0.25) is 0 Å². The summed E-state index contributed by atoms with van der Waals surface area (Å²) in [6.07, 6.45) is -0.0309. The average molecular weight is 385 g/mol. The quantitative estimate of drug-likeness (QED) is 0.527. The van der Waals surface area contributed by atoms with Crippen LogP contribution in [-0.4, -0.2) is 45.0 Å². The van der Waals surface area contributed by atoms with Crippen molar-refractivity contribution >= 4 is 17.7 Å². The normalized spacial score (nSPS) is 10.1. The minimum absolute atomic E-state index is 0.0309. The molecule has 0 saturated heterocycles. The lowest BCUT2D eigenvalue weighted by molar-refractivity contribution is -0.142. The summed E-state index contributed by atoms with van der Waals surface area (Å²) in [5.74, 6) is -0.275. The number of aryl methyl sites for hydroxylation is 1. The van der Waals surface area contributed by atoms with Gasteiger partial charge in [-0.1, -0.05) is 18.2 Å². The molecule has 28 heavy (non-hydrogen) atoms. The molecule has 0 saturated carbocycles. The first-order valence-corrected chi connectivity index (χ1v) is 8.71. The smallest absolute Gasteiger partial charge is 0.308 e. The number of Topliss-reactive ketones (excluding diaryl/α,β-unsaturated/α-hetero) is 1. The van der Waals surface area contributed by atoms with E-state index in [9.17, 15) is 14.4 Å². The van der Waals surface area contributed by atoms with E-state index in [2.05, 4.69) is 5.32 Å². The van der Waals surface area contributed by atoms with Gasteiger partial charge in [0, 0.05) is 17.7 Å². The van der Waals surface area contributed by atoms with E-state index < -0.39 is 5.97 Å². The summed E-state index contributed by atoms with van der Waals surface area (Å²) in [6, 6.07) is 11.9. The number of amides is 1. The predicted molar refractivity (Wildman–Crippen MR) is 103 cm³/mol. The Morgan fingerprint density at radius 2 is 1.68 bits per heavy atom. The molecule has 1 N–H and O–H groups in total. The van der Waals surface area contributed by atoms with Gasteiger partial charge in [-0.25, -0.2) is 0 Å². The van der Waals surface area contributed by atoms with Gasteiger partial charge in [0.1, 0.15) is 0 Å². The Morgan fingerprint density at radius 1 is 0.964 bits per heavy atom. The monoisotopic (exact) mass is 385 g/mol. The number of methoxy groups -OCH3 is 2. The van der Waals surface area contributed by atoms with E-state index in [4.69, 9.17) is 14.2 Å². The van der Waals surface area contributed by atoms with Crippen LogP contribution in [0.15, 0.2) is 42.5 Å². The van der Waals surface area contributed by atoms with Gasteiger partial charge in [0.05, 0.1) is 20.6 Å². The number of ketones is 1. The summed E-state index contributed by atoms with van der Waals surface area (Å²) in [5, 5.41) is 2.66. The lowest BCUT2D eigenvalue weighted by Crippen LogP contribution is -2.27. The molecule has 1 amide bonds. The Kier molecular flexibility index (Phi) is 7.56. The fraction of sp³-hybridized carbons (Fsp3) is 0.286. The topological polar surface area (TPSA) is 90.9 Å². The van der Waals surface area contributed by atoms with Crippen molar-refractivity contribution in [3.63, 3.8) is 0 Å². The number of carbonyl (C=O) groups is 3. The fourth-order valence-electron chi connectivity index (χ4n) is 2.51. The molecule has 0 aliphatic carbocycles. The van der Waals surface area contributed by atoms with E-state index in [0.717, 1.165) is 5.56 Å². The van der Waals surface area contributed by atoms with Crippen molar-refractivity contribution in [3.8, 4) is 11.5 Å². The largest absolute Gasteiger partial charge is 0.493 e. The minimum Gasteiger partial charge on any atom is -0.493 e. The number of ether oxygens (including phenoxy) is 3. The highest BCUT2D eigenvalue weighted by molar-refractivity contribution is 5.98. The Labute approximate surface area is 163 Å². The van der Waals surface area contributed by atoms with Gasteiger partial charge in [0.15, 0.2) is 23.9 Å². The number of carbonyl (C=O) groups excluding carboxylic acids is 3. The van der Waals surface area contributed by atoms with Crippen LogP contribution >= 0.6 is 0 Å². The van der Waals surface area contributed by atoms with E-state index in [0.29, 0.717) is 22.6 Å². The molecule has 2 rings (SSSR count). The van der Waals surface area contributed by atoms with Gasteiger partial charge in [0.25, 0.3) is 5.91 Å². The molecule has 0 heterocycles. The molecule has 0 unspecified atom stereocenters. The molecule has 0 fully saturated rings. The van der Waals surface area contributed by atoms with Crippen molar-refractivity contribution in [2.45, 2.75) is 13.3 Å². The molecule has 148 valence electrons. The van der Waals surface area contributed by atoms with Crippen molar-refractivity contribution in [3.05, 3.63) is 59.2 Å². The maximum atomic E-state index is 12.2. The SMILES string of the molecule is COc1ccc(C(=O)COC(=O)CCNC(=O)c2ccccc2C)cc1OC. The lowest BCUT2D eigenvalue weighted by Gasteiger charge is -2.10. The third kappa shape index (κ3) is 5.57. The van der Waals surface area contributed by atoms with Gasteiger partial charge < -0.3 is 19.5 Å². The Morgan fingerprint density at radius 3 is 2.36 bits per heavy atom. The number of hydrogen-bond donors (Lipinski definition) is 1. The summed E-state index contributed by atoms with van der Waals surface area (Å²) in [4.78, 5) is 36.1. The van der Waals surface area contributed by atoms with Crippen LogP contribution in [0.1, 0.15) is 32.7 Å². The second-order valence-electron chi connectivity index (χ2n) is 5.97. The molecule has 0 atom stereocenters. The van der Waals surface area contributed by atoms with E-state index in [1.807, 2.05) is 19.1 Å². The van der Waals surface area contributed by atoms with Crippen LogP contribution in [0.2, 0.25) is 0 Å². The standard InChI is InChI=1S/C21H23NO6/c1-14-6-4-5-7-16(14)21(25)22-11-10-20(24)28-13-17(23)15-8-9-18(26-2)19(12-15)27-3/h4-9,12H,10-11,13H2,1-3H3,(H,22,25). The summed E-state index contributed by atoms with van der Waals surface area (Å²) >= 11 is 0. The van der Waals surface area contributed by atoms with Crippen LogP contribution in [0.5, 0.6) is 11.5 Å². The average Bonchev–Trinajstić information content (AvgIpc) is 2.71. The predicted octanol–water partition coefficient (Wildman–Crippen LogP) is 2.56. The second kappa shape index (κ2) is 10.1. The van der Waals surface area contributed by atoms with Crippen LogP contribution < -0.4 is 14.8 Å². The maximum Gasteiger partial charge on any atom is 0.308 e. The van der Waals surface area contributed by atoms with Crippen LogP contribution in [-0.2, 0) is 9.53 Å². The summed E-state index contributed by atoms with van der Waals surface area (Å²) in [5.41, 5.74) is 1.75. The zero-order chi connectivity index (χ0) is 20.5. The van der Waals surface area contributed by atoms with Crippen molar-refractivity contribution in [1.29, 1.82) is 0 Å². The Bertz CT molecular complexity index is 862. The molecule has 0 bridgehead atoms. The van der Waals surface area contributed by atoms with Crippen molar-refractivity contribution in [2.24, 2.45) is 0 Å². The molecule has 7 nitrogen and oxygen atoms in total. The fourth-order valence-corrected chi connectivity index (χ4v) is 2.51. The van der Waals surface area contributed by atoms with Gasteiger partial charge in [-0.2, -0.15) is 0 Å². The Balaban J connectivity index is 1.78. The number of hydrogen-bond acceptors (Lipinski definition) is 6. The second-order valence-corrected chi connectivity index (χ2v) is 5.97. The summed E-state index contributed by atoms with van der Waals surface area (Å²) in [6.45, 7) is 1.57. The van der Waals surface area contributed by atoms with Crippen LogP contribution in [0, 0.1) is 6.92 Å². The minimum atomic E-state index is -0.570. The first kappa shape index (κ1) is 21.0. The third-order valence-electron chi connectivity index (χ3n) is 4.07. The summed E-state index contributed by atoms with van der Waals surface area (Å²) in [7, 11) is 2.97. The van der Waals surface area contributed by atoms with Crippen molar-refractivity contribution in [1.82, 2.24) is 5.32 Å². The molecule has 0 spiro atoms. The van der Waals surface area contributed by atoms with Crippen LogP contribution in [0.4, 0.5) is 0 Å². The summed E-state index contributed by atoms with van der Waals surface area (Å²) < 4.78 is 15.3.